The molecule has 9 heteroatoms. The maximum Gasteiger partial charge on any atom is 0.312 e. The van der Waals surface area contributed by atoms with E-state index in [4.69, 9.17) is 4.74 Å². The van der Waals surface area contributed by atoms with Crippen molar-refractivity contribution >= 4 is 23.3 Å². The third-order valence-electron chi connectivity index (χ3n) is 8.42. The van der Waals surface area contributed by atoms with E-state index in [1.165, 1.54) is 11.9 Å². The second kappa shape index (κ2) is 10.3. The van der Waals surface area contributed by atoms with Gasteiger partial charge in [0, 0.05) is 4.92 Å². The van der Waals surface area contributed by atoms with Crippen LogP contribution in [0.5, 0.6) is 0 Å². The Balaban J connectivity index is 1.85. The van der Waals surface area contributed by atoms with Gasteiger partial charge in [-0.05, 0) is 44.0 Å². The van der Waals surface area contributed by atoms with Crippen LogP contribution >= 0.6 is 0 Å². The van der Waals surface area contributed by atoms with Gasteiger partial charge in [-0.2, -0.15) is 10.1 Å². The van der Waals surface area contributed by atoms with Gasteiger partial charge in [-0.25, -0.2) is 0 Å². The van der Waals surface area contributed by atoms with E-state index >= 15 is 0 Å². The first kappa shape index (κ1) is 27.2. The van der Waals surface area contributed by atoms with Gasteiger partial charge in [0.15, 0.2) is 0 Å². The fraction of sp³-hybridized carbons (Fsp3) is 0.323. The number of nitrogens with zero attached hydrogens (tertiary/aromatic N) is 3. The molecule has 1 saturated carbocycles. The van der Waals surface area contributed by atoms with E-state index in [1.54, 1.807) is 105 Å². The molecule has 5 rings (SSSR count). The number of hydrogen-bond acceptors (Lipinski definition) is 7. The Morgan fingerprint density at radius 1 is 1.00 bits per heavy atom. The monoisotopic (exact) mass is 541 g/mol. The third-order valence-corrected chi connectivity index (χ3v) is 8.42. The van der Waals surface area contributed by atoms with E-state index < -0.39 is 51.6 Å². The number of benzene rings is 3. The van der Waals surface area contributed by atoms with Gasteiger partial charge in [-0.1, -0.05) is 78.9 Å². The number of hydrazone groups is 1. The van der Waals surface area contributed by atoms with Gasteiger partial charge in [0.1, 0.15) is 11.3 Å². The summed E-state index contributed by atoms with van der Waals surface area (Å²) in [6.45, 7) is 4.64. The summed E-state index contributed by atoms with van der Waals surface area (Å²) in [5.41, 5.74) is -2.47. The van der Waals surface area contributed by atoms with Crippen molar-refractivity contribution in [2.75, 3.05) is 11.6 Å². The Bertz CT molecular complexity index is 1440. The summed E-state index contributed by atoms with van der Waals surface area (Å²) in [7, 11) is 0. The van der Waals surface area contributed by atoms with Crippen molar-refractivity contribution in [2.24, 2.45) is 16.4 Å². The number of anilines is 1. The molecular formula is C31H31N3O6. The molecule has 206 valence electrons. The second-order valence-electron chi connectivity index (χ2n) is 10.4. The number of esters is 1. The van der Waals surface area contributed by atoms with Gasteiger partial charge in [0.2, 0.25) is 6.04 Å². The maximum atomic E-state index is 14.7. The number of carbonyl (C=O) groups is 2. The Labute approximate surface area is 232 Å². The SMILES string of the molecule is CCOC(=O)[C@@H]1[C@@H](c2ccccc2)[C@H]([N+](=O)[O-])[C@@H](c2ccccc2)[C@@]2(C(=O)N(c3ccccc3)N=C2C)[C@]1(C)O. The van der Waals surface area contributed by atoms with Gasteiger partial charge in [-0.15, -0.1) is 0 Å². The standard InChI is InChI=1S/C31H31N3O6/c1-4-40-28(35)26-24(21-14-8-5-9-15-21)27(34(38)39)25(22-16-10-6-11-17-22)31(30(26,3)37)20(2)32-33(29(31)36)23-18-12-7-13-19-23/h5-19,24-27,37H,4H2,1-3H3/t24-,25-,26+,27+,30-,31+/m1/s1. The van der Waals surface area contributed by atoms with Crippen LogP contribution in [0.2, 0.25) is 0 Å². The molecule has 1 spiro atoms. The Morgan fingerprint density at radius 3 is 2.05 bits per heavy atom. The maximum absolute atomic E-state index is 14.7. The highest BCUT2D eigenvalue weighted by atomic mass is 16.6. The molecule has 0 saturated heterocycles. The lowest BCUT2D eigenvalue weighted by atomic mass is 9.46. The zero-order chi connectivity index (χ0) is 28.7. The molecule has 0 radical (unpaired) electrons. The quantitative estimate of drug-likeness (QED) is 0.278. The second-order valence-corrected chi connectivity index (χ2v) is 10.4. The van der Waals surface area contributed by atoms with E-state index in [-0.39, 0.29) is 12.3 Å². The molecule has 1 amide bonds. The van der Waals surface area contributed by atoms with Crippen molar-refractivity contribution in [1.82, 2.24) is 0 Å². The van der Waals surface area contributed by atoms with Crippen LogP contribution < -0.4 is 5.01 Å². The molecule has 1 heterocycles. The van der Waals surface area contributed by atoms with Gasteiger partial charge < -0.3 is 9.84 Å². The number of ether oxygens (including phenoxy) is 1. The molecule has 3 aromatic rings. The fourth-order valence-corrected chi connectivity index (χ4v) is 6.88. The van der Waals surface area contributed by atoms with Crippen molar-refractivity contribution in [3.63, 3.8) is 0 Å². The molecule has 2 aliphatic rings. The molecule has 0 unspecified atom stereocenters. The fourth-order valence-electron chi connectivity index (χ4n) is 6.88. The first-order valence-electron chi connectivity index (χ1n) is 13.3. The highest BCUT2D eigenvalue weighted by Crippen LogP contribution is 2.63. The summed E-state index contributed by atoms with van der Waals surface area (Å²) in [4.78, 5) is 41.2. The zero-order valence-corrected chi connectivity index (χ0v) is 22.5. The van der Waals surface area contributed by atoms with E-state index in [0.29, 0.717) is 16.8 Å². The van der Waals surface area contributed by atoms with Crippen LogP contribution in [0.3, 0.4) is 0 Å². The first-order valence-corrected chi connectivity index (χ1v) is 13.3. The van der Waals surface area contributed by atoms with Crippen LogP contribution in [0.25, 0.3) is 0 Å². The highest BCUT2D eigenvalue weighted by Gasteiger charge is 2.77. The molecule has 0 bridgehead atoms. The van der Waals surface area contributed by atoms with Crippen LogP contribution in [0.4, 0.5) is 5.69 Å². The molecule has 1 aliphatic carbocycles. The molecule has 1 N–H and O–H groups in total. The van der Waals surface area contributed by atoms with Crippen LogP contribution in [0, 0.1) is 21.4 Å². The number of hydrogen-bond donors (Lipinski definition) is 1. The summed E-state index contributed by atoms with van der Waals surface area (Å²) >= 11 is 0. The summed E-state index contributed by atoms with van der Waals surface area (Å²) in [5, 5.41) is 31.6. The molecule has 40 heavy (non-hydrogen) atoms. The smallest absolute Gasteiger partial charge is 0.312 e. The largest absolute Gasteiger partial charge is 0.466 e. The van der Waals surface area contributed by atoms with E-state index in [1.807, 2.05) is 0 Å². The van der Waals surface area contributed by atoms with Crippen molar-refractivity contribution in [3.05, 3.63) is 112 Å². The average Bonchev–Trinajstić information content (AvgIpc) is 3.22. The van der Waals surface area contributed by atoms with Crippen LogP contribution in [-0.4, -0.2) is 45.9 Å². The van der Waals surface area contributed by atoms with Crippen molar-refractivity contribution in [1.29, 1.82) is 0 Å². The number of para-hydroxylation sites is 1. The predicted molar refractivity (Wildman–Crippen MR) is 149 cm³/mol. The van der Waals surface area contributed by atoms with Crippen molar-refractivity contribution in [3.8, 4) is 0 Å². The predicted octanol–water partition coefficient (Wildman–Crippen LogP) is 4.55. The van der Waals surface area contributed by atoms with Gasteiger partial charge in [-0.3, -0.25) is 19.7 Å². The summed E-state index contributed by atoms with van der Waals surface area (Å²) in [6.07, 6.45) is 0. The number of rotatable bonds is 6. The van der Waals surface area contributed by atoms with Crippen molar-refractivity contribution in [2.45, 2.75) is 44.2 Å². The molecule has 1 fully saturated rings. The van der Waals surface area contributed by atoms with Crippen molar-refractivity contribution < 1.29 is 24.4 Å². The minimum Gasteiger partial charge on any atom is -0.466 e. The number of amides is 1. The van der Waals surface area contributed by atoms with Crippen LogP contribution in [0.15, 0.2) is 96.1 Å². The van der Waals surface area contributed by atoms with E-state index in [2.05, 4.69) is 5.10 Å². The average molecular weight is 542 g/mol. The molecule has 6 atom stereocenters. The van der Waals surface area contributed by atoms with E-state index in [9.17, 15) is 24.8 Å². The summed E-state index contributed by atoms with van der Waals surface area (Å²) in [6, 6.07) is 24.6. The minimum absolute atomic E-state index is 0.00231. The normalized spacial score (nSPS) is 29.8. The van der Waals surface area contributed by atoms with Gasteiger partial charge >= 0.3 is 5.97 Å². The minimum atomic E-state index is -2.14. The lowest BCUT2D eigenvalue weighted by molar-refractivity contribution is -0.541. The third kappa shape index (κ3) is 3.92. The Kier molecular flexibility index (Phi) is 7.01. The highest BCUT2D eigenvalue weighted by molar-refractivity contribution is 6.21. The first-order chi connectivity index (χ1) is 19.2. The molecular weight excluding hydrogens is 510 g/mol. The Hall–Kier alpha value is -4.37. The molecule has 0 aromatic heterocycles. The molecule has 9 nitrogen and oxygen atoms in total. The van der Waals surface area contributed by atoms with Gasteiger partial charge in [0.05, 0.1) is 35.4 Å². The molecule has 1 aliphatic heterocycles. The summed E-state index contributed by atoms with van der Waals surface area (Å²) in [5.74, 6) is -5.16. The number of aliphatic hydroxyl groups is 1. The number of carbonyl (C=O) groups excluding carboxylic acids is 2. The Morgan fingerprint density at radius 2 is 1.52 bits per heavy atom. The van der Waals surface area contributed by atoms with Crippen LogP contribution in [0.1, 0.15) is 43.7 Å². The molecule has 3 aromatic carbocycles. The summed E-state index contributed by atoms with van der Waals surface area (Å²) < 4.78 is 5.44. The lowest BCUT2D eigenvalue weighted by Gasteiger charge is -2.56. The van der Waals surface area contributed by atoms with Gasteiger partial charge in [0.25, 0.3) is 5.91 Å². The van der Waals surface area contributed by atoms with E-state index in [0.717, 1.165) is 0 Å². The lowest BCUT2D eigenvalue weighted by Crippen LogP contribution is -2.71. The topological polar surface area (TPSA) is 122 Å². The zero-order valence-electron chi connectivity index (χ0n) is 22.5. The number of nitro groups is 1. The van der Waals surface area contributed by atoms with Crippen LogP contribution in [-0.2, 0) is 14.3 Å².